The summed E-state index contributed by atoms with van der Waals surface area (Å²) in [6, 6.07) is 17.3. The summed E-state index contributed by atoms with van der Waals surface area (Å²) < 4.78 is 47.2. The lowest BCUT2D eigenvalue weighted by Crippen LogP contribution is -2.10. The fourth-order valence-electron chi connectivity index (χ4n) is 3.56. The van der Waals surface area contributed by atoms with Gasteiger partial charge in [0.1, 0.15) is 11.5 Å². The second-order valence-corrected chi connectivity index (χ2v) is 8.53. The quantitative estimate of drug-likeness (QED) is 0.0931. The molecule has 3 rings (SSSR count). The lowest BCUT2D eigenvalue weighted by Gasteiger charge is -2.09. The molecule has 0 amide bonds. The Kier molecular flexibility index (Phi) is 9.37. The third-order valence-corrected chi connectivity index (χ3v) is 5.39. The van der Waals surface area contributed by atoms with Gasteiger partial charge in [0.2, 0.25) is 0 Å². The van der Waals surface area contributed by atoms with E-state index in [0.717, 1.165) is 5.56 Å². The summed E-state index contributed by atoms with van der Waals surface area (Å²) in [6.45, 7) is -0.0940. The van der Waals surface area contributed by atoms with E-state index in [0.29, 0.717) is 29.1 Å². The SMILES string of the molecule is Nc1cc(N)cc(CCC(=Cc2ccc(OC(=O)c3ccc(OCCCC(F)(F)F)cc3)cc2)C(=O)O)c1. The number of carbonyl (C=O) groups excluding carboxylic acids is 1. The van der Waals surface area contributed by atoms with Gasteiger partial charge < -0.3 is 26.0 Å². The van der Waals surface area contributed by atoms with Crippen LogP contribution in [-0.4, -0.2) is 29.8 Å². The van der Waals surface area contributed by atoms with Crippen molar-refractivity contribution in [2.24, 2.45) is 0 Å². The number of carboxylic acids is 1. The molecule has 0 bridgehead atoms. The highest BCUT2D eigenvalue weighted by atomic mass is 19.4. The molecule has 0 heterocycles. The zero-order valence-electron chi connectivity index (χ0n) is 20.3. The van der Waals surface area contributed by atoms with E-state index >= 15 is 0 Å². The maximum Gasteiger partial charge on any atom is 0.389 e. The number of carboxylic acid groups (broad SMARTS) is 1. The molecule has 38 heavy (non-hydrogen) atoms. The first-order chi connectivity index (χ1) is 18.0. The Bertz CT molecular complexity index is 1270. The van der Waals surface area contributed by atoms with Crippen LogP contribution in [0.5, 0.6) is 11.5 Å². The topological polar surface area (TPSA) is 125 Å². The highest BCUT2D eigenvalue weighted by Crippen LogP contribution is 2.23. The molecular formula is C28H27F3N2O5. The van der Waals surface area contributed by atoms with Crippen molar-refractivity contribution in [1.82, 2.24) is 0 Å². The largest absolute Gasteiger partial charge is 0.494 e. The van der Waals surface area contributed by atoms with Crippen LogP contribution in [0.3, 0.4) is 0 Å². The van der Waals surface area contributed by atoms with E-state index in [1.807, 2.05) is 0 Å². The third-order valence-electron chi connectivity index (χ3n) is 5.39. The molecule has 0 atom stereocenters. The van der Waals surface area contributed by atoms with Crippen LogP contribution in [-0.2, 0) is 11.2 Å². The number of aryl methyl sites for hydroxylation is 1. The van der Waals surface area contributed by atoms with Gasteiger partial charge in [-0.3, -0.25) is 0 Å². The predicted octanol–water partition coefficient (Wildman–Crippen LogP) is 5.89. The molecule has 0 saturated carbocycles. The smallest absolute Gasteiger partial charge is 0.389 e. The van der Waals surface area contributed by atoms with Crippen molar-refractivity contribution in [3.63, 3.8) is 0 Å². The maximum absolute atomic E-state index is 12.4. The zero-order valence-corrected chi connectivity index (χ0v) is 20.3. The summed E-state index contributed by atoms with van der Waals surface area (Å²) in [4.78, 5) is 24.1. The fraction of sp³-hybridized carbons (Fsp3) is 0.214. The van der Waals surface area contributed by atoms with Gasteiger partial charge in [-0.1, -0.05) is 12.1 Å². The van der Waals surface area contributed by atoms with E-state index in [9.17, 15) is 27.9 Å². The molecule has 0 radical (unpaired) electrons. The molecule has 3 aromatic carbocycles. The number of hydrogen-bond donors (Lipinski definition) is 3. The molecule has 5 N–H and O–H groups in total. The number of rotatable bonds is 11. The van der Waals surface area contributed by atoms with Crippen molar-refractivity contribution in [3.8, 4) is 11.5 Å². The Labute approximate surface area is 217 Å². The number of anilines is 2. The number of benzene rings is 3. The molecule has 0 aliphatic rings. The van der Waals surface area contributed by atoms with Gasteiger partial charge in [0.15, 0.2) is 0 Å². The van der Waals surface area contributed by atoms with Crippen LogP contribution in [0.4, 0.5) is 24.5 Å². The van der Waals surface area contributed by atoms with Crippen molar-refractivity contribution >= 4 is 29.4 Å². The van der Waals surface area contributed by atoms with Crippen LogP contribution in [0.15, 0.2) is 72.3 Å². The van der Waals surface area contributed by atoms with Crippen LogP contribution in [0, 0.1) is 0 Å². The molecule has 0 aliphatic heterocycles. The van der Waals surface area contributed by atoms with E-state index in [4.69, 9.17) is 20.9 Å². The van der Waals surface area contributed by atoms with Gasteiger partial charge in [-0.05, 0) is 91.1 Å². The van der Waals surface area contributed by atoms with Crippen LogP contribution in [0.2, 0.25) is 0 Å². The van der Waals surface area contributed by atoms with Gasteiger partial charge in [-0.15, -0.1) is 0 Å². The molecule has 0 spiro atoms. The number of esters is 1. The highest BCUT2D eigenvalue weighted by molar-refractivity contribution is 5.92. The summed E-state index contributed by atoms with van der Waals surface area (Å²) in [5.41, 5.74) is 14.5. The lowest BCUT2D eigenvalue weighted by atomic mass is 10.0. The summed E-state index contributed by atoms with van der Waals surface area (Å²) in [5.74, 6) is -1.09. The minimum Gasteiger partial charge on any atom is -0.494 e. The van der Waals surface area contributed by atoms with Crippen molar-refractivity contribution in [3.05, 3.63) is 89.0 Å². The normalized spacial score (nSPS) is 11.7. The average molecular weight is 529 g/mol. The van der Waals surface area contributed by atoms with Crippen LogP contribution in [0.1, 0.15) is 40.7 Å². The van der Waals surface area contributed by atoms with E-state index in [1.54, 1.807) is 42.5 Å². The molecule has 200 valence electrons. The van der Waals surface area contributed by atoms with Crippen LogP contribution in [0.25, 0.3) is 6.08 Å². The zero-order chi connectivity index (χ0) is 27.7. The second kappa shape index (κ2) is 12.7. The monoisotopic (exact) mass is 528 g/mol. The standard InChI is InChI=1S/C28H27F3N2O5/c29-28(30,31)12-1-13-37-24-10-6-20(7-11-24)27(36)38-25-8-3-18(4-9-25)14-21(26(34)35)5-2-19-15-22(32)17-23(33)16-19/h3-4,6-11,14-17H,1-2,5,12-13,32-33H2,(H,34,35). The number of aliphatic carboxylic acids is 1. The summed E-state index contributed by atoms with van der Waals surface area (Å²) in [7, 11) is 0. The molecule has 0 fully saturated rings. The Morgan fingerprint density at radius 2 is 1.50 bits per heavy atom. The number of nitrogens with two attached hydrogens (primary N) is 2. The number of carbonyl (C=O) groups is 2. The third kappa shape index (κ3) is 9.20. The van der Waals surface area contributed by atoms with Crippen molar-refractivity contribution in [2.75, 3.05) is 18.1 Å². The van der Waals surface area contributed by atoms with Gasteiger partial charge >= 0.3 is 18.1 Å². The number of halogens is 3. The van der Waals surface area contributed by atoms with Gasteiger partial charge in [-0.25, -0.2) is 9.59 Å². The minimum atomic E-state index is -4.22. The van der Waals surface area contributed by atoms with Crippen LogP contribution < -0.4 is 20.9 Å². The molecule has 3 aromatic rings. The lowest BCUT2D eigenvalue weighted by molar-refractivity contribution is -0.136. The summed E-state index contributed by atoms with van der Waals surface area (Å²) in [5, 5.41) is 9.59. The Hall–Kier alpha value is -4.47. The molecule has 0 aliphatic carbocycles. The Morgan fingerprint density at radius 3 is 2.08 bits per heavy atom. The number of alkyl halides is 3. The van der Waals surface area contributed by atoms with E-state index in [2.05, 4.69) is 0 Å². The first kappa shape index (κ1) is 28.1. The highest BCUT2D eigenvalue weighted by Gasteiger charge is 2.26. The Morgan fingerprint density at radius 1 is 0.895 bits per heavy atom. The minimum absolute atomic E-state index is 0.0940. The number of nitrogen functional groups attached to an aromatic ring is 2. The van der Waals surface area contributed by atoms with Gasteiger partial charge in [0.05, 0.1) is 12.2 Å². The van der Waals surface area contributed by atoms with Crippen LogP contribution >= 0.6 is 0 Å². The second-order valence-electron chi connectivity index (χ2n) is 8.53. The number of hydrogen-bond acceptors (Lipinski definition) is 6. The maximum atomic E-state index is 12.4. The molecule has 0 unspecified atom stereocenters. The first-order valence-electron chi connectivity index (χ1n) is 11.7. The molecule has 0 saturated heterocycles. The van der Waals surface area contributed by atoms with Gasteiger partial charge in [0, 0.05) is 23.4 Å². The fourth-order valence-corrected chi connectivity index (χ4v) is 3.56. The molecule has 10 heteroatoms. The van der Waals surface area contributed by atoms with E-state index < -0.39 is 24.5 Å². The van der Waals surface area contributed by atoms with Crippen molar-refractivity contribution in [1.29, 1.82) is 0 Å². The van der Waals surface area contributed by atoms with E-state index in [1.165, 1.54) is 30.3 Å². The van der Waals surface area contributed by atoms with E-state index in [-0.39, 0.29) is 36.3 Å². The molecule has 7 nitrogen and oxygen atoms in total. The average Bonchev–Trinajstić information content (AvgIpc) is 2.84. The Balaban J connectivity index is 1.56. The molecular weight excluding hydrogens is 501 g/mol. The van der Waals surface area contributed by atoms with Crippen molar-refractivity contribution < 1.29 is 37.3 Å². The van der Waals surface area contributed by atoms with Gasteiger partial charge in [-0.2, -0.15) is 13.2 Å². The van der Waals surface area contributed by atoms with Gasteiger partial charge in [0.25, 0.3) is 0 Å². The summed E-state index contributed by atoms with van der Waals surface area (Å²) in [6.07, 6.45) is -3.07. The van der Waals surface area contributed by atoms with Crippen molar-refractivity contribution in [2.45, 2.75) is 31.9 Å². The number of ether oxygens (including phenoxy) is 2. The summed E-state index contributed by atoms with van der Waals surface area (Å²) >= 11 is 0. The first-order valence-corrected chi connectivity index (χ1v) is 11.7. The predicted molar refractivity (Wildman–Crippen MR) is 138 cm³/mol. The molecule has 0 aromatic heterocycles.